The van der Waals surface area contributed by atoms with Gasteiger partial charge in [-0.2, -0.15) is 0 Å². The minimum atomic E-state index is -0.716. The molecule has 1 N–H and O–H groups in total. The summed E-state index contributed by atoms with van der Waals surface area (Å²) in [6.45, 7) is 4.68. The van der Waals surface area contributed by atoms with Crippen molar-refractivity contribution in [3.05, 3.63) is 53.6 Å². The van der Waals surface area contributed by atoms with Crippen LogP contribution in [0.1, 0.15) is 24.2 Å². The Hall–Kier alpha value is -2.43. The van der Waals surface area contributed by atoms with Gasteiger partial charge >= 0.3 is 0 Å². The minimum Gasteiger partial charge on any atom is -0.507 e. The van der Waals surface area contributed by atoms with Crippen molar-refractivity contribution >= 4 is 5.91 Å². The van der Waals surface area contributed by atoms with E-state index in [1.807, 2.05) is 13.8 Å². The maximum Gasteiger partial charge on any atom is 0.257 e. The molecule has 0 bridgehead atoms. The number of phenols is 1. The van der Waals surface area contributed by atoms with Crippen molar-refractivity contribution in [3.63, 3.8) is 0 Å². The number of carbonyl (C=O) groups is 1. The summed E-state index contributed by atoms with van der Waals surface area (Å²) in [4.78, 5) is 13.9. The highest BCUT2D eigenvalue weighted by molar-refractivity contribution is 5.98. The lowest BCUT2D eigenvalue weighted by molar-refractivity contribution is 0.0770. The molecule has 0 aliphatic rings. The lowest BCUT2D eigenvalue weighted by Crippen LogP contribution is -2.30. The standard InChI is InChI=1S/C17H17F2NO2/c1-3-20(4-2)17(22)14-9-11(5-8-16(14)21)13-7-6-12(18)10-15(13)19/h5-10,21H,3-4H2,1-2H3. The first-order valence-corrected chi connectivity index (χ1v) is 7.05. The molecule has 0 spiro atoms. The quantitative estimate of drug-likeness (QED) is 0.933. The van der Waals surface area contributed by atoms with E-state index in [-0.39, 0.29) is 22.8 Å². The van der Waals surface area contributed by atoms with E-state index in [2.05, 4.69) is 0 Å². The molecule has 0 aliphatic carbocycles. The minimum absolute atomic E-state index is 0.102. The van der Waals surface area contributed by atoms with Crippen LogP contribution in [0.3, 0.4) is 0 Å². The number of amides is 1. The third-order valence-electron chi connectivity index (χ3n) is 3.52. The predicted molar refractivity (Wildman–Crippen MR) is 80.7 cm³/mol. The Balaban J connectivity index is 2.48. The number of nitrogens with zero attached hydrogens (tertiary/aromatic N) is 1. The van der Waals surface area contributed by atoms with Crippen LogP contribution in [0.5, 0.6) is 5.75 Å². The van der Waals surface area contributed by atoms with E-state index in [1.165, 1.54) is 24.3 Å². The van der Waals surface area contributed by atoms with E-state index in [0.29, 0.717) is 18.7 Å². The molecule has 0 fully saturated rings. The van der Waals surface area contributed by atoms with E-state index in [0.717, 1.165) is 12.1 Å². The van der Waals surface area contributed by atoms with Crippen LogP contribution in [0.25, 0.3) is 11.1 Å². The molecular weight excluding hydrogens is 288 g/mol. The molecule has 2 aromatic carbocycles. The van der Waals surface area contributed by atoms with Crippen LogP contribution in [0.2, 0.25) is 0 Å². The van der Waals surface area contributed by atoms with Gasteiger partial charge in [0, 0.05) is 24.7 Å². The molecule has 0 heterocycles. The van der Waals surface area contributed by atoms with Crippen LogP contribution in [0, 0.1) is 11.6 Å². The zero-order chi connectivity index (χ0) is 16.3. The number of carbonyl (C=O) groups excluding carboxylic acids is 1. The summed E-state index contributed by atoms with van der Waals surface area (Å²) in [6.07, 6.45) is 0. The van der Waals surface area contributed by atoms with Gasteiger partial charge in [-0.25, -0.2) is 8.78 Å². The van der Waals surface area contributed by atoms with Gasteiger partial charge in [0.1, 0.15) is 17.4 Å². The Morgan fingerprint density at radius 3 is 2.36 bits per heavy atom. The molecule has 22 heavy (non-hydrogen) atoms. The summed E-state index contributed by atoms with van der Waals surface area (Å²) in [7, 11) is 0. The van der Waals surface area contributed by atoms with Gasteiger partial charge in [-0.05, 0) is 43.7 Å². The molecule has 116 valence electrons. The second-order valence-corrected chi connectivity index (χ2v) is 4.83. The van der Waals surface area contributed by atoms with Gasteiger partial charge in [-0.1, -0.05) is 6.07 Å². The number of benzene rings is 2. The average molecular weight is 305 g/mol. The Labute approximate surface area is 127 Å². The highest BCUT2D eigenvalue weighted by Gasteiger charge is 2.18. The fraction of sp³-hybridized carbons (Fsp3) is 0.235. The van der Waals surface area contributed by atoms with Gasteiger partial charge < -0.3 is 10.0 Å². The highest BCUT2D eigenvalue weighted by atomic mass is 19.1. The number of phenolic OH excluding ortho intramolecular Hbond substituents is 1. The van der Waals surface area contributed by atoms with Gasteiger partial charge in [0.2, 0.25) is 0 Å². The topological polar surface area (TPSA) is 40.5 Å². The van der Waals surface area contributed by atoms with Gasteiger partial charge in [0.25, 0.3) is 5.91 Å². The van der Waals surface area contributed by atoms with Crippen LogP contribution in [-0.4, -0.2) is 29.0 Å². The van der Waals surface area contributed by atoms with Crippen molar-refractivity contribution in [1.82, 2.24) is 4.90 Å². The molecule has 0 aliphatic heterocycles. The summed E-state index contributed by atoms with van der Waals surface area (Å²) in [5.74, 6) is -1.87. The highest BCUT2D eigenvalue weighted by Crippen LogP contribution is 2.29. The van der Waals surface area contributed by atoms with E-state index < -0.39 is 11.6 Å². The third kappa shape index (κ3) is 3.08. The number of hydrogen-bond donors (Lipinski definition) is 1. The molecule has 0 saturated carbocycles. The molecule has 0 unspecified atom stereocenters. The smallest absolute Gasteiger partial charge is 0.257 e. The van der Waals surface area contributed by atoms with Crippen LogP contribution in [0.15, 0.2) is 36.4 Å². The normalized spacial score (nSPS) is 10.5. The maximum absolute atomic E-state index is 13.9. The summed E-state index contributed by atoms with van der Waals surface area (Å²) in [6, 6.07) is 7.50. The van der Waals surface area contributed by atoms with E-state index >= 15 is 0 Å². The lowest BCUT2D eigenvalue weighted by Gasteiger charge is -2.19. The lowest BCUT2D eigenvalue weighted by atomic mass is 10.0. The fourth-order valence-corrected chi connectivity index (χ4v) is 2.28. The molecule has 0 atom stereocenters. The molecule has 3 nitrogen and oxygen atoms in total. The Kier molecular flexibility index (Phi) is 4.75. The van der Waals surface area contributed by atoms with Gasteiger partial charge in [-0.15, -0.1) is 0 Å². The molecular formula is C17H17F2NO2. The monoisotopic (exact) mass is 305 g/mol. The maximum atomic E-state index is 13.9. The van der Waals surface area contributed by atoms with E-state index in [9.17, 15) is 18.7 Å². The van der Waals surface area contributed by atoms with Crippen LogP contribution in [-0.2, 0) is 0 Å². The zero-order valence-corrected chi connectivity index (χ0v) is 12.4. The van der Waals surface area contributed by atoms with Crippen molar-refractivity contribution < 1.29 is 18.7 Å². The first kappa shape index (κ1) is 15.9. The van der Waals surface area contributed by atoms with Crippen LogP contribution >= 0.6 is 0 Å². The van der Waals surface area contributed by atoms with Crippen molar-refractivity contribution in [1.29, 1.82) is 0 Å². The molecule has 1 amide bonds. The Morgan fingerprint density at radius 1 is 1.09 bits per heavy atom. The number of rotatable bonds is 4. The van der Waals surface area contributed by atoms with Crippen LogP contribution < -0.4 is 0 Å². The molecule has 2 aromatic rings. The first-order valence-electron chi connectivity index (χ1n) is 7.05. The number of hydrogen-bond acceptors (Lipinski definition) is 2. The summed E-state index contributed by atoms with van der Waals surface area (Å²) < 4.78 is 26.9. The van der Waals surface area contributed by atoms with Gasteiger partial charge in [-0.3, -0.25) is 4.79 Å². The van der Waals surface area contributed by atoms with E-state index in [4.69, 9.17) is 0 Å². The summed E-state index contributed by atoms with van der Waals surface area (Å²) in [5.41, 5.74) is 0.686. The molecule has 5 heteroatoms. The largest absolute Gasteiger partial charge is 0.507 e. The van der Waals surface area contributed by atoms with Crippen molar-refractivity contribution in [2.24, 2.45) is 0 Å². The van der Waals surface area contributed by atoms with E-state index in [1.54, 1.807) is 4.90 Å². The Bertz CT molecular complexity index is 697. The number of halogens is 2. The second-order valence-electron chi connectivity index (χ2n) is 4.83. The summed E-state index contributed by atoms with van der Waals surface area (Å²) in [5, 5.41) is 9.90. The second kappa shape index (κ2) is 6.56. The molecule has 0 radical (unpaired) electrons. The first-order chi connectivity index (χ1) is 10.5. The SMILES string of the molecule is CCN(CC)C(=O)c1cc(-c2ccc(F)cc2F)ccc1O. The van der Waals surface area contributed by atoms with Gasteiger partial charge in [0.15, 0.2) is 0 Å². The predicted octanol–water partition coefficient (Wildman–Crippen LogP) is 3.82. The third-order valence-corrected chi connectivity index (χ3v) is 3.52. The number of aromatic hydroxyl groups is 1. The Morgan fingerprint density at radius 2 is 1.77 bits per heavy atom. The molecule has 0 aromatic heterocycles. The van der Waals surface area contributed by atoms with Gasteiger partial charge in [0.05, 0.1) is 5.56 Å². The summed E-state index contributed by atoms with van der Waals surface area (Å²) >= 11 is 0. The van der Waals surface area contributed by atoms with Crippen molar-refractivity contribution in [2.75, 3.05) is 13.1 Å². The fourth-order valence-electron chi connectivity index (χ4n) is 2.28. The van der Waals surface area contributed by atoms with Crippen molar-refractivity contribution in [3.8, 4) is 16.9 Å². The zero-order valence-electron chi connectivity index (χ0n) is 12.4. The molecule has 0 saturated heterocycles. The molecule has 2 rings (SSSR count). The van der Waals surface area contributed by atoms with Crippen molar-refractivity contribution in [2.45, 2.75) is 13.8 Å². The average Bonchev–Trinajstić information content (AvgIpc) is 2.49. The van der Waals surface area contributed by atoms with Crippen LogP contribution in [0.4, 0.5) is 8.78 Å².